The number of aliphatic hydroxyl groups is 1. The van der Waals surface area contributed by atoms with Crippen LogP contribution in [0.1, 0.15) is 83.8 Å². The Morgan fingerprint density at radius 2 is 1.16 bits per heavy atom. The fourth-order valence-corrected chi connectivity index (χ4v) is 6.19. The molecule has 0 radical (unpaired) electrons. The van der Waals surface area contributed by atoms with Crippen LogP contribution in [0.25, 0.3) is 22.8 Å². The normalized spacial score (nSPS) is 15.1. The number of phenols is 3. The molecule has 0 saturated carbocycles. The fraction of sp³-hybridized carbons (Fsp3) is 0.250. The quantitative estimate of drug-likeness (QED) is 0.124. The number of fused-ring (bicyclic) bond motifs is 2. The highest BCUT2D eigenvalue weighted by Crippen LogP contribution is 2.42. The number of hydrogen-bond donors (Lipinski definition) is 4. The lowest BCUT2D eigenvalue weighted by molar-refractivity contribution is 0.110. The highest BCUT2D eigenvalue weighted by atomic mass is 16.5. The molecule has 4 N–H and O–H groups in total. The van der Waals surface area contributed by atoms with Crippen molar-refractivity contribution in [3.8, 4) is 57.3 Å². The second-order valence-corrected chi connectivity index (χ2v) is 13.0. The van der Waals surface area contributed by atoms with Gasteiger partial charge < -0.3 is 34.6 Å². The molecule has 2 unspecified atom stereocenters. The van der Waals surface area contributed by atoms with Gasteiger partial charge in [0.1, 0.15) is 53.8 Å². The summed E-state index contributed by atoms with van der Waals surface area (Å²) in [6.07, 6.45) is 6.80. The molecule has 8 rings (SSSR count). The summed E-state index contributed by atoms with van der Waals surface area (Å²) in [5, 5.41) is 46.4. The predicted octanol–water partition coefficient (Wildman–Crippen LogP) is 6.42. The molecule has 0 spiro atoms. The zero-order chi connectivity index (χ0) is 39.2. The molecule has 4 aromatic heterocycles. The van der Waals surface area contributed by atoms with Crippen LogP contribution in [0, 0.1) is 0 Å². The minimum Gasteiger partial charge on any atom is -0.507 e. The molecular weight excluding hydrogens is 708 g/mol. The molecule has 55 heavy (non-hydrogen) atoms. The smallest absolute Gasteiger partial charge is 0.163 e. The van der Waals surface area contributed by atoms with E-state index in [9.17, 15) is 19.8 Å². The van der Waals surface area contributed by atoms with E-state index in [1.807, 2.05) is 35.3 Å². The Bertz CT molecular complexity index is 2280. The van der Waals surface area contributed by atoms with Gasteiger partial charge in [-0.1, -0.05) is 12.1 Å². The summed E-state index contributed by atoms with van der Waals surface area (Å²) in [5.41, 5.74) is 4.88. The Kier molecular flexibility index (Phi) is 11.4. The summed E-state index contributed by atoms with van der Waals surface area (Å²) in [6.45, 7) is 8.81. The van der Waals surface area contributed by atoms with Gasteiger partial charge in [-0.3, -0.25) is 28.9 Å². The molecule has 0 saturated heterocycles. The van der Waals surface area contributed by atoms with Gasteiger partial charge in [-0.15, -0.1) is 0 Å². The second kappa shape index (κ2) is 16.5. The summed E-state index contributed by atoms with van der Waals surface area (Å²) in [7, 11) is 0. The van der Waals surface area contributed by atoms with Crippen LogP contribution in [-0.4, -0.2) is 75.7 Å². The molecule has 6 heterocycles. The van der Waals surface area contributed by atoms with Crippen LogP contribution in [-0.2, 0) is 0 Å². The third-order valence-electron chi connectivity index (χ3n) is 8.75. The van der Waals surface area contributed by atoms with Crippen molar-refractivity contribution in [1.82, 2.24) is 29.5 Å². The number of aliphatic hydroxyl groups excluding tert-OH is 1. The van der Waals surface area contributed by atoms with E-state index in [2.05, 4.69) is 34.0 Å². The lowest BCUT2D eigenvalue weighted by Crippen LogP contribution is -2.12. The number of phenolic OH excluding ortho intramolecular Hbond substituents is 3. The second-order valence-electron chi connectivity index (χ2n) is 13.0. The Hall–Kier alpha value is -6.74. The van der Waals surface area contributed by atoms with Crippen LogP contribution in [0.5, 0.6) is 34.5 Å². The molecular formula is C40H40N6O9. The number of aldehydes is 2. The van der Waals surface area contributed by atoms with Crippen LogP contribution < -0.4 is 14.2 Å². The fourth-order valence-electron chi connectivity index (χ4n) is 6.19. The van der Waals surface area contributed by atoms with Crippen molar-refractivity contribution in [1.29, 1.82) is 0 Å². The topological polar surface area (TPSA) is 204 Å². The minimum absolute atomic E-state index is 0.0671. The first-order valence-corrected chi connectivity index (χ1v) is 17.4. The van der Waals surface area contributed by atoms with Crippen molar-refractivity contribution in [2.75, 3.05) is 13.2 Å². The molecule has 284 valence electrons. The van der Waals surface area contributed by atoms with E-state index in [0.717, 1.165) is 33.9 Å². The van der Waals surface area contributed by atoms with Crippen molar-refractivity contribution in [3.05, 3.63) is 108 Å². The molecule has 6 aromatic rings. The average molecular weight is 749 g/mol. The number of nitrogens with zero attached hydrogens (tertiary/aromatic N) is 6. The van der Waals surface area contributed by atoms with Crippen LogP contribution in [0.15, 0.2) is 85.5 Å². The third-order valence-corrected chi connectivity index (χ3v) is 8.75. The molecule has 0 fully saturated rings. The molecule has 2 atom stereocenters. The van der Waals surface area contributed by atoms with Gasteiger partial charge in [-0.25, -0.2) is 0 Å². The van der Waals surface area contributed by atoms with Crippen molar-refractivity contribution >= 4 is 12.6 Å². The number of aromatic hydroxyl groups is 3. The maximum absolute atomic E-state index is 11.3. The van der Waals surface area contributed by atoms with Gasteiger partial charge in [0.25, 0.3) is 0 Å². The number of rotatable bonds is 8. The standard InChI is InChI=1S/C20H19N3O4.C13H15N3O2.C7H6O3/c1-12(2)23-14(6-9-22-23)20-19-17(7-8-21-20)26-11-18(19)27-16-5-3-4-15(25)13(16)10-24;1-8(2)16-9(3-6-15-16)13-12-10(17)7-18-11(12)4-5-14-13;8-4-5-6(9)2-1-3-7(5)10/h3-10,12,18,25H,11H2,1-2H3;3-6,8,10,17H,7H2,1-2H3;1-4,9-10H. The van der Waals surface area contributed by atoms with E-state index in [0.29, 0.717) is 36.4 Å². The maximum Gasteiger partial charge on any atom is 0.163 e. The number of benzene rings is 2. The van der Waals surface area contributed by atoms with E-state index in [1.165, 1.54) is 24.3 Å². The van der Waals surface area contributed by atoms with Crippen molar-refractivity contribution in [2.45, 2.75) is 52.0 Å². The minimum atomic E-state index is -0.612. The Morgan fingerprint density at radius 3 is 1.69 bits per heavy atom. The van der Waals surface area contributed by atoms with Gasteiger partial charge >= 0.3 is 0 Å². The van der Waals surface area contributed by atoms with E-state index >= 15 is 0 Å². The Morgan fingerprint density at radius 1 is 0.673 bits per heavy atom. The SMILES string of the molecule is CC(C)n1nccc1-c1nccc2c1C(O)CO2.CC(C)n1nccc1-c1nccc2c1C(Oc1cccc(O)c1C=O)CO2.O=Cc1c(O)cccc1O. The van der Waals surface area contributed by atoms with Crippen molar-refractivity contribution in [2.24, 2.45) is 0 Å². The summed E-state index contributed by atoms with van der Waals surface area (Å²) in [5.74, 6) is 1.19. The molecule has 0 bridgehead atoms. The van der Waals surface area contributed by atoms with Gasteiger partial charge in [0, 0.05) is 36.9 Å². The van der Waals surface area contributed by atoms with E-state index in [-0.39, 0.29) is 47.1 Å². The highest BCUT2D eigenvalue weighted by Gasteiger charge is 2.32. The number of carbonyl (C=O) groups excluding carboxylic acids is 2. The van der Waals surface area contributed by atoms with Gasteiger partial charge in [0.15, 0.2) is 18.7 Å². The molecule has 0 amide bonds. The monoisotopic (exact) mass is 748 g/mol. The van der Waals surface area contributed by atoms with Crippen LogP contribution in [0.3, 0.4) is 0 Å². The Labute approximate surface area is 316 Å². The van der Waals surface area contributed by atoms with Crippen LogP contribution in [0.2, 0.25) is 0 Å². The summed E-state index contributed by atoms with van der Waals surface area (Å²) >= 11 is 0. The zero-order valence-electron chi connectivity index (χ0n) is 30.5. The van der Waals surface area contributed by atoms with Crippen LogP contribution >= 0.6 is 0 Å². The Balaban J connectivity index is 0.000000157. The largest absolute Gasteiger partial charge is 0.507 e. The van der Waals surface area contributed by atoms with E-state index in [4.69, 9.17) is 24.4 Å². The molecule has 15 nitrogen and oxygen atoms in total. The number of carbonyl (C=O) groups is 2. The number of hydrogen-bond acceptors (Lipinski definition) is 13. The number of ether oxygens (including phenoxy) is 3. The van der Waals surface area contributed by atoms with Gasteiger partial charge in [0.05, 0.1) is 45.0 Å². The number of aromatic nitrogens is 6. The molecule has 2 aliphatic heterocycles. The summed E-state index contributed by atoms with van der Waals surface area (Å²) in [6, 6.07) is 16.7. The van der Waals surface area contributed by atoms with Crippen molar-refractivity contribution in [3.63, 3.8) is 0 Å². The van der Waals surface area contributed by atoms with Gasteiger partial charge in [-0.2, -0.15) is 10.2 Å². The predicted molar refractivity (Wildman–Crippen MR) is 200 cm³/mol. The molecule has 2 aliphatic rings. The van der Waals surface area contributed by atoms with Crippen molar-refractivity contribution < 1.29 is 44.2 Å². The summed E-state index contributed by atoms with van der Waals surface area (Å²) < 4.78 is 21.1. The average Bonchev–Trinajstić information content (AvgIpc) is 4.00. The zero-order valence-corrected chi connectivity index (χ0v) is 30.5. The van der Waals surface area contributed by atoms with E-state index in [1.54, 1.807) is 49.1 Å². The van der Waals surface area contributed by atoms with Crippen LogP contribution in [0.4, 0.5) is 0 Å². The third kappa shape index (κ3) is 7.82. The maximum atomic E-state index is 11.3. The first-order valence-electron chi connectivity index (χ1n) is 17.4. The lowest BCUT2D eigenvalue weighted by atomic mass is 10.1. The van der Waals surface area contributed by atoms with Gasteiger partial charge in [0.2, 0.25) is 0 Å². The molecule has 2 aromatic carbocycles. The summed E-state index contributed by atoms with van der Waals surface area (Å²) in [4.78, 5) is 30.4. The lowest BCUT2D eigenvalue weighted by Gasteiger charge is -2.18. The highest BCUT2D eigenvalue weighted by molar-refractivity contribution is 5.84. The van der Waals surface area contributed by atoms with Gasteiger partial charge in [-0.05, 0) is 76.2 Å². The first kappa shape index (κ1) is 38.0. The first-order chi connectivity index (χ1) is 26.5. The number of pyridine rings is 2. The molecule has 15 heteroatoms. The molecule has 0 aliphatic carbocycles. The van der Waals surface area contributed by atoms with E-state index < -0.39 is 12.2 Å².